The molecule has 17 heavy (non-hydrogen) atoms. The Bertz CT molecular complexity index is 460. The van der Waals surface area contributed by atoms with E-state index in [2.05, 4.69) is 15.9 Å². The van der Waals surface area contributed by atoms with Crippen LogP contribution in [0.1, 0.15) is 12.5 Å². The van der Waals surface area contributed by atoms with Gasteiger partial charge in [0.25, 0.3) is 0 Å². The summed E-state index contributed by atoms with van der Waals surface area (Å²) in [6.07, 6.45) is 0.791. The van der Waals surface area contributed by atoms with E-state index < -0.39 is 0 Å². The van der Waals surface area contributed by atoms with Gasteiger partial charge in [0.05, 0.1) is 17.2 Å². The summed E-state index contributed by atoms with van der Waals surface area (Å²) in [7, 11) is 0. The van der Waals surface area contributed by atoms with Gasteiger partial charge in [0.15, 0.2) is 0 Å². The molecule has 0 radical (unpaired) electrons. The highest BCUT2D eigenvalue weighted by Gasteiger charge is 2.29. The molecule has 1 aromatic rings. The highest BCUT2D eigenvalue weighted by Crippen LogP contribution is 2.28. The zero-order chi connectivity index (χ0) is 12.4. The van der Waals surface area contributed by atoms with Gasteiger partial charge in [-0.05, 0) is 30.2 Å². The standard InChI is InChI=1S/C12H12BrNO2S/c1-2-8-5-9(13)3-4-10(8)14-11(15)6-17-7-12(14)16/h3-5H,2,6-7H2,1H3. The summed E-state index contributed by atoms with van der Waals surface area (Å²) < 4.78 is 0.962. The summed E-state index contributed by atoms with van der Waals surface area (Å²) in [5, 5.41) is 0. The fourth-order valence-corrected chi connectivity index (χ4v) is 2.94. The van der Waals surface area contributed by atoms with Gasteiger partial charge in [-0.2, -0.15) is 0 Å². The highest BCUT2D eigenvalue weighted by molar-refractivity contribution is 9.10. The first-order chi connectivity index (χ1) is 8.13. The number of carbonyl (C=O) groups is 2. The summed E-state index contributed by atoms with van der Waals surface area (Å²) >= 11 is 4.78. The van der Waals surface area contributed by atoms with Crippen molar-refractivity contribution in [1.82, 2.24) is 0 Å². The Balaban J connectivity index is 2.44. The number of halogens is 1. The van der Waals surface area contributed by atoms with Crippen molar-refractivity contribution >= 4 is 45.2 Å². The first kappa shape index (κ1) is 12.6. The largest absolute Gasteiger partial charge is 0.273 e. The van der Waals surface area contributed by atoms with Crippen LogP contribution in [0.4, 0.5) is 5.69 Å². The van der Waals surface area contributed by atoms with Gasteiger partial charge >= 0.3 is 0 Å². The van der Waals surface area contributed by atoms with Crippen LogP contribution in [0.5, 0.6) is 0 Å². The molecule has 2 rings (SSSR count). The van der Waals surface area contributed by atoms with Gasteiger partial charge in [-0.15, -0.1) is 11.8 Å². The van der Waals surface area contributed by atoms with Crippen LogP contribution in [0.15, 0.2) is 22.7 Å². The van der Waals surface area contributed by atoms with E-state index in [0.717, 1.165) is 22.1 Å². The van der Waals surface area contributed by atoms with Crippen molar-refractivity contribution in [2.24, 2.45) is 0 Å². The summed E-state index contributed by atoms with van der Waals surface area (Å²) in [5.74, 6) is 0.516. The van der Waals surface area contributed by atoms with Crippen molar-refractivity contribution in [3.63, 3.8) is 0 Å². The third-order valence-corrected chi connectivity index (χ3v) is 4.01. The average Bonchev–Trinajstić information content (AvgIpc) is 2.30. The van der Waals surface area contributed by atoms with E-state index in [1.54, 1.807) is 0 Å². The molecule has 1 aromatic carbocycles. The Labute approximate surface area is 113 Å². The second-order valence-corrected chi connectivity index (χ2v) is 5.64. The molecule has 0 bridgehead atoms. The van der Waals surface area contributed by atoms with Crippen LogP contribution >= 0.6 is 27.7 Å². The lowest BCUT2D eigenvalue weighted by atomic mass is 10.1. The summed E-state index contributed by atoms with van der Waals surface area (Å²) in [4.78, 5) is 25.0. The van der Waals surface area contributed by atoms with E-state index in [9.17, 15) is 9.59 Å². The highest BCUT2D eigenvalue weighted by atomic mass is 79.9. The first-order valence-corrected chi connectivity index (χ1v) is 7.30. The lowest BCUT2D eigenvalue weighted by molar-refractivity contribution is -0.124. The number of aryl methyl sites for hydroxylation is 1. The SMILES string of the molecule is CCc1cc(Br)ccc1N1C(=O)CSCC1=O. The Morgan fingerprint density at radius 2 is 1.94 bits per heavy atom. The number of imide groups is 1. The maximum absolute atomic E-state index is 11.8. The Morgan fingerprint density at radius 1 is 1.29 bits per heavy atom. The molecule has 1 fully saturated rings. The van der Waals surface area contributed by atoms with Gasteiger partial charge in [-0.1, -0.05) is 22.9 Å². The summed E-state index contributed by atoms with van der Waals surface area (Å²) in [6.45, 7) is 2.01. The third-order valence-electron chi connectivity index (χ3n) is 2.61. The smallest absolute Gasteiger partial charge is 0.243 e. The van der Waals surface area contributed by atoms with Crippen LogP contribution in [-0.2, 0) is 16.0 Å². The molecular weight excluding hydrogens is 302 g/mol. The number of hydrogen-bond acceptors (Lipinski definition) is 3. The normalized spacial score (nSPS) is 16.5. The van der Waals surface area contributed by atoms with Gasteiger partial charge < -0.3 is 0 Å². The minimum atomic E-state index is -0.122. The molecule has 2 amide bonds. The topological polar surface area (TPSA) is 37.4 Å². The quantitative estimate of drug-likeness (QED) is 0.788. The van der Waals surface area contributed by atoms with Crippen LogP contribution in [0.3, 0.4) is 0 Å². The van der Waals surface area contributed by atoms with E-state index >= 15 is 0 Å². The maximum Gasteiger partial charge on any atom is 0.243 e. The van der Waals surface area contributed by atoms with Gasteiger partial charge in [0, 0.05) is 4.47 Å². The van der Waals surface area contributed by atoms with Crippen molar-refractivity contribution in [3.8, 4) is 0 Å². The predicted octanol–water partition coefficient (Wildman–Crippen LogP) is 2.62. The number of hydrogen-bond donors (Lipinski definition) is 0. The minimum absolute atomic E-state index is 0.122. The average molecular weight is 314 g/mol. The Morgan fingerprint density at radius 3 is 2.53 bits per heavy atom. The number of benzene rings is 1. The molecule has 0 atom stereocenters. The molecule has 0 saturated carbocycles. The lowest BCUT2D eigenvalue weighted by Gasteiger charge is -2.26. The number of rotatable bonds is 2. The molecule has 0 N–H and O–H groups in total. The summed E-state index contributed by atoms with van der Waals surface area (Å²) in [6, 6.07) is 5.64. The number of carbonyl (C=O) groups excluding carboxylic acids is 2. The van der Waals surface area contributed by atoms with Crippen LogP contribution in [0.25, 0.3) is 0 Å². The van der Waals surface area contributed by atoms with Crippen molar-refractivity contribution in [3.05, 3.63) is 28.2 Å². The monoisotopic (exact) mass is 313 g/mol. The third kappa shape index (κ3) is 2.55. The molecule has 0 aromatic heterocycles. The fraction of sp³-hybridized carbons (Fsp3) is 0.333. The molecule has 1 heterocycles. The molecule has 1 aliphatic rings. The molecule has 1 aliphatic heterocycles. The van der Waals surface area contributed by atoms with Gasteiger partial charge in [0.1, 0.15) is 0 Å². The summed E-state index contributed by atoms with van der Waals surface area (Å²) in [5.41, 5.74) is 1.74. The molecule has 0 spiro atoms. The van der Waals surface area contributed by atoms with Gasteiger partial charge in [0.2, 0.25) is 11.8 Å². The molecular formula is C12H12BrNO2S. The first-order valence-electron chi connectivity index (χ1n) is 5.35. The molecule has 5 heteroatoms. The molecule has 90 valence electrons. The van der Waals surface area contributed by atoms with Crippen LogP contribution in [-0.4, -0.2) is 23.3 Å². The van der Waals surface area contributed by atoms with Gasteiger partial charge in [-0.3, -0.25) is 9.59 Å². The van der Waals surface area contributed by atoms with Crippen molar-refractivity contribution in [2.45, 2.75) is 13.3 Å². The molecule has 0 unspecified atom stereocenters. The van der Waals surface area contributed by atoms with Crippen LogP contribution in [0, 0.1) is 0 Å². The zero-order valence-electron chi connectivity index (χ0n) is 9.40. The number of amides is 2. The molecule has 3 nitrogen and oxygen atoms in total. The number of thioether (sulfide) groups is 1. The van der Waals surface area contributed by atoms with E-state index in [-0.39, 0.29) is 11.8 Å². The molecule has 0 aliphatic carbocycles. The van der Waals surface area contributed by atoms with Crippen LogP contribution < -0.4 is 4.90 Å². The van der Waals surface area contributed by atoms with Crippen molar-refractivity contribution in [2.75, 3.05) is 16.4 Å². The second kappa shape index (κ2) is 5.23. The Kier molecular flexibility index (Phi) is 3.89. The number of anilines is 1. The lowest BCUT2D eigenvalue weighted by Crippen LogP contribution is -2.43. The van der Waals surface area contributed by atoms with E-state index in [0.29, 0.717) is 11.5 Å². The van der Waals surface area contributed by atoms with E-state index in [1.165, 1.54) is 16.7 Å². The zero-order valence-corrected chi connectivity index (χ0v) is 11.8. The van der Waals surface area contributed by atoms with E-state index in [1.807, 2.05) is 25.1 Å². The van der Waals surface area contributed by atoms with Crippen molar-refractivity contribution in [1.29, 1.82) is 0 Å². The van der Waals surface area contributed by atoms with Crippen molar-refractivity contribution < 1.29 is 9.59 Å². The predicted molar refractivity (Wildman–Crippen MR) is 73.3 cm³/mol. The van der Waals surface area contributed by atoms with E-state index in [4.69, 9.17) is 0 Å². The Hall–Kier alpha value is -0.810. The van der Waals surface area contributed by atoms with Gasteiger partial charge in [-0.25, -0.2) is 4.90 Å². The fourth-order valence-electron chi connectivity index (χ4n) is 1.82. The number of nitrogens with zero attached hydrogens (tertiary/aromatic N) is 1. The second-order valence-electron chi connectivity index (χ2n) is 3.74. The molecule has 1 saturated heterocycles. The minimum Gasteiger partial charge on any atom is -0.273 e. The van der Waals surface area contributed by atoms with Crippen LogP contribution in [0.2, 0.25) is 0 Å². The maximum atomic E-state index is 11.8.